The first-order valence-electron chi connectivity index (χ1n) is 6.46. The van der Waals surface area contributed by atoms with E-state index in [0.717, 1.165) is 25.1 Å². The van der Waals surface area contributed by atoms with Gasteiger partial charge in [0.1, 0.15) is 0 Å². The number of nitrogens with zero attached hydrogens (tertiary/aromatic N) is 3. The topological polar surface area (TPSA) is 58.4 Å². The highest BCUT2D eigenvalue weighted by atomic mass is 16.3. The van der Waals surface area contributed by atoms with Crippen LogP contribution in [-0.2, 0) is 7.05 Å². The van der Waals surface area contributed by atoms with Crippen LogP contribution in [0.2, 0.25) is 0 Å². The Labute approximate surface area is 107 Å². The zero-order chi connectivity index (χ0) is 13.3. The van der Waals surface area contributed by atoms with Crippen molar-refractivity contribution in [2.24, 2.45) is 13.0 Å². The summed E-state index contributed by atoms with van der Waals surface area (Å²) in [7, 11) is 1.83. The Hall–Kier alpha value is -1.36. The number of hydrogen-bond donors (Lipinski definition) is 1. The molecule has 0 spiro atoms. The van der Waals surface area contributed by atoms with Crippen molar-refractivity contribution in [2.75, 3.05) is 13.1 Å². The number of aryl methyl sites for hydroxylation is 1. The second kappa shape index (κ2) is 5.10. The molecule has 0 aromatic carbocycles. The van der Waals surface area contributed by atoms with Crippen LogP contribution in [0.5, 0.6) is 0 Å². The molecule has 1 aromatic rings. The highest BCUT2D eigenvalue weighted by Gasteiger charge is 2.28. The minimum absolute atomic E-state index is 0.0333. The minimum atomic E-state index is -0.351. The van der Waals surface area contributed by atoms with Crippen molar-refractivity contribution >= 4 is 5.91 Å². The van der Waals surface area contributed by atoms with E-state index < -0.39 is 0 Å². The molecule has 1 fully saturated rings. The van der Waals surface area contributed by atoms with Gasteiger partial charge in [0.2, 0.25) is 0 Å². The summed E-state index contributed by atoms with van der Waals surface area (Å²) in [6.07, 6.45) is 3.23. The maximum Gasteiger partial charge on any atom is 0.257 e. The number of amides is 1. The summed E-state index contributed by atoms with van der Waals surface area (Å²) in [5, 5.41) is 13.8. The average Bonchev–Trinajstić information content (AvgIpc) is 2.69. The molecule has 1 aliphatic heterocycles. The van der Waals surface area contributed by atoms with Crippen LogP contribution in [0.15, 0.2) is 6.20 Å². The Bertz CT molecular complexity index is 439. The molecular weight excluding hydrogens is 230 g/mol. The van der Waals surface area contributed by atoms with Gasteiger partial charge in [0.05, 0.1) is 17.9 Å². The van der Waals surface area contributed by atoms with Gasteiger partial charge < -0.3 is 10.0 Å². The second-order valence-corrected chi connectivity index (χ2v) is 5.16. The van der Waals surface area contributed by atoms with Crippen molar-refractivity contribution in [3.63, 3.8) is 0 Å². The summed E-state index contributed by atoms with van der Waals surface area (Å²) < 4.78 is 1.71. The zero-order valence-corrected chi connectivity index (χ0v) is 11.3. The van der Waals surface area contributed by atoms with E-state index in [1.54, 1.807) is 17.8 Å². The van der Waals surface area contributed by atoms with Crippen LogP contribution in [0.4, 0.5) is 0 Å². The summed E-state index contributed by atoms with van der Waals surface area (Å²) in [6.45, 7) is 5.12. The van der Waals surface area contributed by atoms with Gasteiger partial charge in [-0.2, -0.15) is 5.10 Å². The van der Waals surface area contributed by atoms with E-state index in [2.05, 4.69) is 5.10 Å². The van der Waals surface area contributed by atoms with Crippen LogP contribution in [0.1, 0.15) is 35.8 Å². The molecule has 1 saturated heterocycles. The first-order valence-corrected chi connectivity index (χ1v) is 6.46. The minimum Gasteiger partial charge on any atom is -0.393 e. The molecule has 5 nitrogen and oxygen atoms in total. The van der Waals surface area contributed by atoms with Gasteiger partial charge in [-0.3, -0.25) is 9.48 Å². The number of rotatable bonds is 2. The van der Waals surface area contributed by atoms with Gasteiger partial charge in [-0.15, -0.1) is 0 Å². The summed E-state index contributed by atoms with van der Waals surface area (Å²) in [5.41, 5.74) is 1.56. The maximum atomic E-state index is 12.4. The first kappa shape index (κ1) is 13.1. The molecule has 2 heterocycles. The molecular formula is C13H21N3O2. The normalized spacial score (nSPS) is 22.0. The van der Waals surface area contributed by atoms with E-state index in [4.69, 9.17) is 0 Å². The molecule has 1 aliphatic rings. The Kier molecular flexibility index (Phi) is 3.71. The lowest BCUT2D eigenvalue weighted by Gasteiger charge is -2.34. The van der Waals surface area contributed by atoms with Crippen LogP contribution in [0.3, 0.4) is 0 Å². The van der Waals surface area contributed by atoms with E-state index in [1.807, 2.05) is 18.9 Å². The number of aliphatic hydroxyl groups excluding tert-OH is 1. The number of carbonyl (C=O) groups excluding carboxylic acids is 1. The van der Waals surface area contributed by atoms with Crippen molar-refractivity contribution in [2.45, 2.75) is 32.8 Å². The fourth-order valence-corrected chi connectivity index (χ4v) is 2.47. The second-order valence-electron chi connectivity index (χ2n) is 5.16. The smallest absolute Gasteiger partial charge is 0.257 e. The van der Waals surface area contributed by atoms with E-state index in [-0.39, 0.29) is 17.9 Å². The first-order chi connectivity index (χ1) is 8.50. The van der Waals surface area contributed by atoms with Crippen molar-refractivity contribution < 1.29 is 9.90 Å². The quantitative estimate of drug-likeness (QED) is 0.851. The third-order valence-corrected chi connectivity index (χ3v) is 3.89. The third kappa shape index (κ3) is 2.41. The van der Waals surface area contributed by atoms with E-state index in [0.29, 0.717) is 12.1 Å². The predicted octanol–water partition coefficient (Wildman–Crippen LogP) is 0.962. The van der Waals surface area contributed by atoms with Crippen molar-refractivity contribution in [1.29, 1.82) is 0 Å². The monoisotopic (exact) mass is 251 g/mol. The molecule has 0 aliphatic carbocycles. The van der Waals surface area contributed by atoms with Gasteiger partial charge in [-0.05, 0) is 26.7 Å². The molecule has 2 atom stereocenters. The third-order valence-electron chi connectivity index (χ3n) is 3.89. The number of aliphatic hydroxyl groups is 1. The summed E-state index contributed by atoms with van der Waals surface area (Å²) in [4.78, 5) is 14.2. The lowest BCUT2D eigenvalue weighted by molar-refractivity contribution is 0.0465. The standard InChI is InChI=1S/C13H21N3O2/c1-9-12(7-14-15(9)3)13(18)16-6-4-5-11(8-16)10(2)17/h7,10-11,17H,4-6,8H2,1-3H3. The Balaban J connectivity index is 2.12. The van der Waals surface area contributed by atoms with Crippen LogP contribution in [0.25, 0.3) is 0 Å². The fourth-order valence-electron chi connectivity index (χ4n) is 2.47. The molecule has 5 heteroatoms. The lowest BCUT2D eigenvalue weighted by Crippen LogP contribution is -2.43. The van der Waals surface area contributed by atoms with Gasteiger partial charge in [-0.25, -0.2) is 0 Å². The zero-order valence-electron chi connectivity index (χ0n) is 11.3. The van der Waals surface area contributed by atoms with Gasteiger partial charge in [-0.1, -0.05) is 0 Å². The Morgan fingerprint density at radius 1 is 1.61 bits per heavy atom. The average molecular weight is 251 g/mol. The number of piperidine rings is 1. The van der Waals surface area contributed by atoms with E-state index >= 15 is 0 Å². The van der Waals surface area contributed by atoms with Gasteiger partial charge in [0.25, 0.3) is 5.91 Å². The summed E-state index contributed by atoms with van der Waals surface area (Å²) >= 11 is 0. The SMILES string of the molecule is Cc1c(C(=O)N2CCCC(C(C)O)C2)cnn1C. The fraction of sp³-hybridized carbons (Fsp3) is 0.692. The summed E-state index contributed by atoms with van der Waals surface area (Å²) in [5.74, 6) is 0.227. The van der Waals surface area contributed by atoms with Crippen LogP contribution < -0.4 is 0 Å². The number of aromatic nitrogens is 2. The Morgan fingerprint density at radius 2 is 2.33 bits per heavy atom. The van der Waals surface area contributed by atoms with E-state index in [1.165, 1.54) is 0 Å². The van der Waals surface area contributed by atoms with Crippen LogP contribution in [0, 0.1) is 12.8 Å². The van der Waals surface area contributed by atoms with E-state index in [9.17, 15) is 9.90 Å². The van der Waals surface area contributed by atoms with Crippen LogP contribution in [-0.4, -0.2) is 44.9 Å². The number of carbonyl (C=O) groups is 1. The van der Waals surface area contributed by atoms with Gasteiger partial charge >= 0.3 is 0 Å². The van der Waals surface area contributed by atoms with Crippen molar-refractivity contribution in [3.8, 4) is 0 Å². The Morgan fingerprint density at radius 3 is 2.89 bits per heavy atom. The highest BCUT2D eigenvalue weighted by molar-refractivity contribution is 5.95. The predicted molar refractivity (Wildman–Crippen MR) is 68.3 cm³/mol. The molecule has 18 heavy (non-hydrogen) atoms. The lowest BCUT2D eigenvalue weighted by atomic mass is 9.93. The molecule has 0 bridgehead atoms. The van der Waals surface area contributed by atoms with Crippen LogP contribution >= 0.6 is 0 Å². The van der Waals surface area contributed by atoms with Gasteiger partial charge in [0.15, 0.2) is 0 Å². The largest absolute Gasteiger partial charge is 0.393 e. The number of likely N-dealkylation sites (tertiary alicyclic amines) is 1. The summed E-state index contributed by atoms with van der Waals surface area (Å²) in [6, 6.07) is 0. The highest BCUT2D eigenvalue weighted by Crippen LogP contribution is 2.22. The van der Waals surface area contributed by atoms with Crippen molar-refractivity contribution in [1.82, 2.24) is 14.7 Å². The molecule has 1 aromatic heterocycles. The molecule has 2 rings (SSSR count). The molecule has 2 unspecified atom stereocenters. The molecule has 1 N–H and O–H groups in total. The van der Waals surface area contributed by atoms with Gasteiger partial charge in [0, 0.05) is 31.7 Å². The number of hydrogen-bond acceptors (Lipinski definition) is 3. The molecule has 100 valence electrons. The molecule has 0 saturated carbocycles. The van der Waals surface area contributed by atoms with Crippen molar-refractivity contribution in [3.05, 3.63) is 17.5 Å². The molecule has 0 radical (unpaired) electrons. The maximum absolute atomic E-state index is 12.4. The molecule has 1 amide bonds.